The molecule has 2 heterocycles. The zero-order valence-electron chi connectivity index (χ0n) is 20.8. The number of rotatable bonds is 6. The molecule has 1 fully saturated rings. The summed E-state index contributed by atoms with van der Waals surface area (Å²) < 4.78 is 79.7. The summed E-state index contributed by atoms with van der Waals surface area (Å²) in [5.41, 5.74) is -1.28. The number of aromatic nitrogens is 2. The highest BCUT2D eigenvalue weighted by Gasteiger charge is 2.36. The Morgan fingerprint density at radius 2 is 1.59 bits per heavy atom. The number of carboxylic acid groups (broad SMARTS) is 1. The van der Waals surface area contributed by atoms with E-state index in [1.807, 2.05) is 30.3 Å². The molecule has 7 nitrogen and oxygen atoms in total. The van der Waals surface area contributed by atoms with Crippen LogP contribution < -0.4 is 5.32 Å². The Labute approximate surface area is 220 Å². The van der Waals surface area contributed by atoms with Gasteiger partial charge < -0.3 is 15.2 Å². The molecule has 1 aliphatic rings. The first-order valence-corrected chi connectivity index (χ1v) is 11.8. The van der Waals surface area contributed by atoms with E-state index in [4.69, 9.17) is 4.74 Å². The summed E-state index contributed by atoms with van der Waals surface area (Å²) >= 11 is 0. The molecular formula is C26H26F6N4O3. The second-order valence-corrected chi connectivity index (χ2v) is 8.55. The van der Waals surface area contributed by atoms with Gasteiger partial charge in [-0.1, -0.05) is 30.3 Å². The molecule has 2 aromatic carbocycles. The maximum atomic E-state index is 12.4. The number of alkyl halides is 6. The molecule has 0 bridgehead atoms. The number of carboxylic acids is 1. The molecule has 0 aliphatic carbocycles. The molecule has 0 amide bonds. The van der Waals surface area contributed by atoms with Gasteiger partial charge in [-0.2, -0.15) is 26.3 Å². The van der Waals surface area contributed by atoms with E-state index >= 15 is 0 Å². The lowest BCUT2D eigenvalue weighted by atomic mass is 10.0. The van der Waals surface area contributed by atoms with Crippen molar-refractivity contribution in [3.8, 4) is 11.3 Å². The number of nitrogens with zero attached hydrogens (tertiary/aromatic N) is 3. The number of hydrogen-bond donors (Lipinski definition) is 2. The number of hydrogen-bond acceptors (Lipinski definition) is 6. The molecular weight excluding hydrogens is 530 g/mol. The molecule has 4 rings (SSSR count). The molecule has 1 saturated heterocycles. The van der Waals surface area contributed by atoms with Crippen molar-refractivity contribution >= 4 is 5.97 Å². The number of carbonyl (C=O) groups is 1. The minimum atomic E-state index is -4.79. The van der Waals surface area contributed by atoms with Crippen LogP contribution in [0.1, 0.15) is 32.9 Å². The molecule has 2 N–H and O–H groups in total. The predicted octanol–water partition coefficient (Wildman–Crippen LogP) is 5.12. The van der Waals surface area contributed by atoms with Crippen LogP contribution in [0, 0.1) is 0 Å². The predicted molar refractivity (Wildman–Crippen MR) is 130 cm³/mol. The van der Waals surface area contributed by atoms with Gasteiger partial charge in [-0.25, -0.2) is 14.8 Å². The monoisotopic (exact) mass is 556 g/mol. The van der Waals surface area contributed by atoms with Crippen molar-refractivity contribution in [2.45, 2.75) is 25.4 Å². The minimum absolute atomic E-state index is 0.0605. The Bertz CT molecular complexity index is 1210. The van der Waals surface area contributed by atoms with Gasteiger partial charge in [0.05, 0.1) is 36.6 Å². The van der Waals surface area contributed by atoms with Gasteiger partial charge in [-0.3, -0.25) is 4.90 Å². The second kappa shape index (κ2) is 13.0. The Morgan fingerprint density at radius 1 is 1.00 bits per heavy atom. The van der Waals surface area contributed by atoms with Crippen LogP contribution in [0.2, 0.25) is 0 Å². The van der Waals surface area contributed by atoms with Crippen molar-refractivity contribution in [2.75, 3.05) is 33.4 Å². The lowest BCUT2D eigenvalue weighted by Gasteiger charge is -2.25. The van der Waals surface area contributed by atoms with Gasteiger partial charge in [0.2, 0.25) is 0 Å². The van der Waals surface area contributed by atoms with Gasteiger partial charge in [0.15, 0.2) is 0 Å². The van der Waals surface area contributed by atoms with E-state index in [0.29, 0.717) is 43.4 Å². The van der Waals surface area contributed by atoms with Gasteiger partial charge in [-0.15, -0.1) is 0 Å². The van der Waals surface area contributed by atoms with Crippen LogP contribution in [0.3, 0.4) is 0 Å². The topological polar surface area (TPSA) is 87.6 Å². The Morgan fingerprint density at radius 3 is 2.10 bits per heavy atom. The van der Waals surface area contributed by atoms with Crippen molar-refractivity contribution < 1.29 is 41.0 Å². The first-order chi connectivity index (χ1) is 18.4. The lowest BCUT2D eigenvalue weighted by Crippen LogP contribution is -2.36. The summed E-state index contributed by atoms with van der Waals surface area (Å²) in [7, 11) is 1.44. The van der Waals surface area contributed by atoms with E-state index in [9.17, 15) is 36.2 Å². The third-order valence-electron chi connectivity index (χ3n) is 5.61. The van der Waals surface area contributed by atoms with Crippen molar-refractivity contribution in [3.05, 3.63) is 82.8 Å². The van der Waals surface area contributed by atoms with Crippen LogP contribution in [0.15, 0.2) is 54.7 Å². The average molecular weight is 557 g/mol. The molecule has 1 aliphatic heterocycles. The first-order valence-electron chi connectivity index (χ1n) is 11.8. The maximum absolute atomic E-state index is 12.4. The molecule has 1 aromatic heterocycles. The summed E-state index contributed by atoms with van der Waals surface area (Å²) in [6.07, 6.45) is -8.18. The summed E-state index contributed by atoms with van der Waals surface area (Å²) in [6.45, 7) is 3.63. The Hall–Kier alpha value is -3.55. The summed E-state index contributed by atoms with van der Waals surface area (Å²) in [6, 6.07) is 10.8. The van der Waals surface area contributed by atoms with Crippen LogP contribution in [0.5, 0.6) is 0 Å². The van der Waals surface area contributed by atoms with E-state index in [-0.39, 0.29) is 23.7 Å². The summed E-state index contributed by atoms with van der Waals surface area (Å²) in [5.74, 6) is -0.387. The fourth-order valence-corrected chi connectivity index (χ4v) is 3.75. The van der Waals surface area contributed by atoms with E-state index in [1.165, 1.54) is 13.2 Å². The average Bonchev–Trinajstić information content (AvgIpc) is 2.89. The highest BCUT2D eigenvalue weighted by atomic mass is 19.4. The van der Waals surface area contributed by atoms with E-state index in [2.05, 4.69) is 20.2 Å². The molecule has 3 aromatic rings. The number of halogens is 6. The smallest absolute Gasteiger partial charge is 0.416 e. The lowest BCUT2D eigenvalue weighted by molar-refractivity contribution is -0.143. The number of nitrogens with one attached hydrogen (secondary N) is 1. The molecule has 0 atom stereocenters. The van der Waals surface area contributed by atoms with Gasteiger partial charge in [-0.05, 0) is 30.8 Å². The molecule has 13 heteroatoms. The number of ether oxygens (including phenoxy) is 1. The van der Waals surface area contributed by atoms with E-state index in [0.717, 1.165) is 18.7 Å². The van der Waals surface area contributed by atoms with Crippen molar-refractivity contribution in [1.82, 2.24) is 20.2 Å². The van der Waals surface area contributed by atoms with Crippen LogP contribution in [-0.4, -0.2) is 59.3 Å². The molecule has 39 heavy (non-hydrogen) atoms. The van der Waals surface area contributed by atoms with Gasteiger partial charge in [0.25, 0.3) is 0 Å². The third kappa shape index (κ3) is 8.73. The zero-order valence-corrected chi connectivity index (χ0v) is 20.8. The van der Waals surface area contributed by atoms with Crippen LogP contribution in [-0.2, 0) is 30.2 Å². The van der Waals surface area contributed by atoms with Crippen LogP contribution in [0.4, 0.5) is 26.3 Å². The first kappa shape index (κ1) is 30.0. The van der Waals surface area contributed by atoms with Crippen LogP contribution >= 0.6 is 0 Å². The SMILES string of the molecule is CNCc1cc(C(F)(F)F)cc(C(F)(F)F)c1.O=C(O)c1cnc(CN2CCOCC2)nc1-c1ccccc1. The number of benzene rings is 2. The van der Waals surface area contributed by atoms with Crippen molar-refractivity contribution in [2.24, 2.45) is 0 Å². The second-order valence-electron chi connectivity index (χ2n) is 8.55. The fraction of sp³-hybridized carbons (Fsp3) is 0.346. The molecule has 0 unspecified atom stereocenters. The highest BCUT2D eigenvalue weighted by molar-refractivity contribution is 5.94. The molecule has 0 saturated carbocycles. The standard InChI is InChI=1S/C16H17N3O3.C10H9F6N/c20-16(21)13-10-17-14(11-19-6-8-22-9-7-19)18-15(13)12-4-2-1-3-5-12;1-17-5-6-2-7(9(11,12)13)4-8(3-6)10(14,15)16/h1-5,10H,6-9,11H2,(H,20,21);2-4,17H,5H2,1H3. The third-order valence-corrected chi connectivity index (χ3v) is 5.61. The van der Waals surface area contributed by atoms with Crippen molar-refractivity contribution in [3.63, 3.8) is 0 Å². The summed E-state index contributed by atoms with van der Waals surface area (Å²) in [5, 5.41) is 11.8. The molecule has 210 valence electrons. The fourth-order valence-electron chi connectivity index (χ4n) is 3.75. The van der Waals surface area contributed by atoms with E-state index in [1.54, 1.807) is 0 Å². The Balaban J connectivity index is 0.000000224. The van der Waals surface area contributed by atoms with Gasteiger partial charge >= 0.3 is 18.3 Å². The zero-order chi connectivity index (χ0) is 28.6. The summed E-state index contributed by atoms with van der Waals surface area (Å²) in [4.78, 5) is 22.3. The number of aromatic carboxylic acids is 1. The normalized spacial score (nSPS) is 14.4. The minimum Gasteiger partial charge on any atom is -0.478 e. The van der Waals surface area contributed by atoms with Crippen LogP contribution in [0.25, 0.3) is 11.3 Å². The van der Waals surface area contributed by atoms with Crippen molar-refractivity contribution in [1.29, 1.82) is 0 Å². The Kier molecular flexibility index (Phi) is 10.0. The quantitative estimate of drug-likeness (QED) is 0.408. The van der Waals surface area contributed by atoms with Gasteiger partial charge in [0, 0.05) is 31.4 Å². The number of morpholine rings is 1. The largest absolute Gasteiger partial charge is 0.478 e. The van der Waals surface area contributed by atoms with E-state index < -0.39 is 29.4 Å². The maximum Gasteiger partial charge on any atom is 0.416 e. The van der Waals surface area contributed by atoms with Gasteiger partial charge in [0.1, 0.15) is 11.4 Å². The molecule has 0 radical (unpaired) electrons. The molecule has 0 spiro atoms. The highest BCUT2D eigenvalue weighted by Crippen LogP contribution is 2.36.